The van der Waals surface area contributed by atoms with Gasteiger partial charge >= 0.3 is 0 Å². The number of hydrogen-bond donors (Lipinski definition) is 0. The van der Waals surface area contributed by atoms with Gasteiger partial charge in [0.2, 0.25) is 5.75 Å². The van der Waals surface area contributed by atoms with Crippen LogP contribution in [0, 0.1) is 5.82 Å². The zero-order chi connectivity index (χ0) is 17.3. The molecular weight excluding hydrogens is 313 g/mol. The van der Waals surface area contributed by atoms with Crippen molar-refractivity contribution < 1.29 is 23.4 Å². The second-order valence-electron chi connectivity index (χ2n) is 5.11. The Bertz CT molecular complexity index is 892. The topological polar surface area (TPSA) is 49.7 Å². The monoisotopic (exact) mass is 329 g/mol. The summed E-state index contributed by atoms with van der Waals surface area (Å²) in [6.07, 6.45) is 1.61. The first-order chi connectivity index (χ1) is 11.6. The molecule has 1 heterocycles. The predicted octanol–water partition coefficient (Wildman–Crippen LogP) is 3.49. The van der Waals surface area contributed by atoms with Gasteiger partial charge in [0.1, 0.15) is 5.82 Å². The van der Waals surface area contributed by atoms with Crippen LogP contribution in [0.3, 0.4) is 0 Å². The Morgan fingerprint density at radius 3 is 2.21 bits per heavy atom. The van der Waals surface area contributed by atoms with E-state index in [1.807, 2.05) is 0 Å². The van der Waals surface area contributed by atoms with Crippen molar-refractivity contribution >= 4 is 16.8 Å². The normalized spacial score (nSPS) is 10.7. The van der Waals surface area contributed by atoms with Crippen molar-refractivity contribution in [2.75, 3.05) is 21.3 Å². The molecule has 0 aliphatic carbocycles. The molecule has 0 aliphatic rings. The Labute approximate surface area is 138 Å². The first-order valence-corrected chi connectivity index (χ1v) is 7.20. The van der Waals surface area contributed by atoms with Crippen molar-refractivity contribution in [3.63, 3.8) is 0 Å². The Morgan fingerprint density at radius 2 is 1.62 bits per heavy atom. The molecule has 0 bridgehead atoms. The van der Waals surface area contributed by atoms with E-state index in [9.17, 15) is 9.18 Å². The van der Waals surface area contributed by atoms with Gasteiger partial charge in [0.15, 0.2) is 11.5 Å². The van der Waals surface area contributed by atoms with Crippen LogP contribution in [0.1, 0.15) is 10.4 Å². The lowest BCUT2D eigenvalue weighted by atomic mass is 10.1. The lowest BCUT2D eigenvalue weighted by Crippen LogP contribution is -2.11. The Balaban J connectivity index is 2.12. The lowest BCUT2D eigenvalue weighted by molar-refractivity contribution is 0.0964. The number of nitrogens with zero attached hydrogens (tertiary/aromatic N) is 1. The van der Waals surface area contributed by atoms with Crippen molar-refractivity contribution in [2.24, 2.45) is 0 Å². The van der Waals surface area contributed by atoms with Crippen molar-refractivity contribution in [2.45, 2.75) is 0 Å². The van der Waals surface area contributed by atoms with Gasteiger partial charge in [0.25, 0.3) is 5.91 Å². The number of aromatic nitrogens is 1. The summed E-state index contributed by atoms with van der Waals surface area (Å²) in [6, 6.07) is 9.13. The van der Waals surface area contributed by atoms with Crippen molar-refractivity contribution in [1.29, 1.82) is 0 Å². The molecule has 6 heteroatoms. The standard InChI is InChI=1S/C18H16FNO4/c1-22-15-9-12(10-16(23-2)17(15)24-3)18(21)20-7-6-11-8-13(19)4-5-14(11)20/h4-10H,1-3H3. The summed E-state index contributed by atoms with van der Waals surface area (Å²) in [5, 5.41) is 0.649. The van der Waals surface area contributed by atoms with Crippen molar-refractivity contribution in [3.8, 4) is 17.2 Å². The SMILES string of the molecule is COc1cc(C(=O)n2ccc3cc(F)ccc32)cc(OC)c1OC. The van der Waals surface area contributed by atoms with E-state index in [0.29, 0.717) is 33.7 Å². The van der Waals surface area contributed by atoms with E-state index >= 15 is 0 Å². The maximum absolute atomic E-state index is 13.3. The molecule has 0 spiro atoms. The minimum atomic E-state index is -0.347. The van der Waals surface area contributed by atoms with E-state index in [-0.39, 0.29) is 11.7 Å². The number of rotatable bonds is 4. The average Bonchev–Trinajstić information content (AvgIpc) is 3.02. The molecule has 0 saturated carbocycles. The summed E-state index contributed by atoms with van der Waals surface area (Å²) in [7, 11) is 4.47. The molecule has 124 valence electrons. The van der Waals surface area contributed by atoms with Crippen LogP contribution < -0.4 is 14.2 Å². The number of halogens is 1. The summed E-state index contributed by atoms with van der Waals surface area (Å²) in [6.45, 7) is 0. The molecule has 3 aromatic rings. The number of carbonyl (C=O) groups is 1. The van der Waals surface area contributed by atoms with E-state index in [1.54, 1.807) is 30.5 Å². The van der Waals surface area contributed by atoms with Crippen LogP contribution in [0.5, 0.6) is 17.2 Å². The molecule has 1 aromatic heterocycles. The van der Waals surface area contributed by atoms with E-state index in [4.69, 9.17) is 14.2 Å². The van der Waals surface area contributed by atoms with Gasteiger partial charge < -0.3 is 14.2 Å². The molecule has 24 heavy (non-hydrogen) atoms. The van der Waals surface area contributed by atoms with Gasteiger partial charge in [-0.1, -0.05) is 0 Å². The second kappa shape index (κ2) is 6.23. The largest absolute Gasteiger partial charge is 0.493 e. The van der Waals surface area contributed by atoms with Gasteiger partial charge in [-0.3, -0.25) is 9.36 Å². The van der Waals surface area contributed by atoms with Gasteiger partial charge in [0, 0.05) is 17.1 Å². The third-order valence-corrected chi connectivity index (χ3v) is 3.78. The minimum absolute atomic E-state index is 0.282. The van der Waals surface area contributed by atoms with Crippen LogP contribution in [0.4, 0.5) is 4.39 Å². The number of ether oxygens (including phenoxy) is 3. The van der Waals surface area contributed by atoms with Crippen molar-refractivity contribution in [1.82, 2.24) is 4.57 Å². The van der Waals surface area contributed by atoms with Gasteiger partial charge in [-0.05, 0) is 36.4 Å². The highest BCUT2D eigenvalue weighted by Gasteiger charge is 2.19. The van der Waals surface area contributed by atoms with Gasteiger partial charge in [0.05, 0.1) is 26.8 Å². The Kier molecular flexibility index (Phi) is 4.12. The average molecular weight is 329 g/mol. The summed E-state index contributed by atoms with van der Waals surface area (Å²) in [4.78, 5) is 12.9. The first-order valence-electron chi connectivity index (χ1n) is 7.20. The molecule has 3 rings (SSSR count). The van der Waals surface area contributed by atoms with Gasteiger partial charge in [-0.15, -0.1) is 0 Å². The number of methoxy groups -OCH3 is 3. The minimum Gasteiger partial charge on any atom is -0.493 e. The molecule has 0 radical (unpaired) electrons. The van der Waals surface area contributed by atoms with E-state index in [2.05, 4.69) is 0 Å². The van der Waals surface area contributed by atoms with Crippen LogP contribution in [0.2, 0.25) is 0 Å². The van der Waals surface area contributed by atoms with E-state index < -0.39 is 0 Å². The van der Waals surface area contributed by atoms with Crippen LogP contribution in [-0.4, -0.2) is 31.8 Å². The van der Waals surface area contributed by atoms with E-state index in [0.717, 1.165) is 0 Å². The number of fused-ring (bicyclic) bond motifs is 1. The maximum atomic E-state index is 13.3. The van der Waals surface area contributed by atoms with Gasteiger partial charge in [-0.25, -0.2) is 4.39 Å². The quantitative estimate of drug-likeness (QED) is 0.735. The van der Waals surface area contributed by atoms with Crippen LogP contribution in [-0.2, 0) is 0 Å². The molecule has 0 saturated heterocycles. The van der Waals surface area contributed by atoms with Crippen LogP contribution in [0.25, 0.3) is 10.9 Å². The molecule has 0 fully saturated rings. The fraction of sp³-hybridized carbons (Fsp3) is 0.167. The summed E-state index contributed by atoms with van der Waals surface area (Å²) >= 11 is 0. The predicted molar refractivity (Wildman–Crippen MR) is 87.7 cm³/mol. The molecule has 0 unspecified atom stereocenters. The van der Waals surface area contributed by atoms with Gasteiger partial charge in [-0.2, -0.15) is 0 Å². The van der Waals surface area contributed by atoms with Crippen molar-refractivity contribution in [3.05, 3.63) is 54.0 Å². The highest BCUT2D eigenvalue weighted by molar-refractivity contribution is 6.02. The molecule has 0 amide bonds. The molecule has 0 atom stereocenters. The summed E-state index contributed by atoms with van der Waals surface area (Å²) in [5.74, 6) is 0.567. The number of hydrogen-bond acceptors (Lipinski definition) is 4. The van der Waals surface area contributed by atoms with E-state index in [1.165, 1.54) is 38.0 Å². The molecule has 0 N–H and O–H groups in total. The smallest absolute Gasteiger partial charge is 0.262 e. The molecule has 5 nitrogen and oxygen atoms in total. The second-order valence-corrected chi connectivity index (χ2v) is 5.11. The molecule has 2 aromatic carbocycles. The number of carbonyl (C=O) groups excluding carboxylic acids is 1. The first kappa shape index (κ1) is 15.9. The highest BCUT2D eigenvalue weighted by atomic mass is 19.1. The van der Waals surface area contributed by atoms with Crippen LogP contribution >= 0.6 is 0 Å². The molecule has 0 aliphatic heterocycles. The summed E-state index contributed by atoms with van der Waals surface area (Å²) < 4.78 is 30.6. The Morgan fingerprint density at radius 1 is 0.958 bits per heavy atom. The third kappa shape index (κ3) is 2.56. The fourth-order valence-corrected chi connectivity index (χ4v) is 2.63. The maximum Gasteiger partial charge on any atom is 0.262 e. The number of benzene rings is 2. The zero-order valence-electron chi connectivity index (χ0n) is 13.5. The zero-order valence-corrected chi connectivity index (χ0v) is 13.5. The molecular formula is C18H16FNO4. The highest BCUT2D eigenvalue weighted by Crippen LogP contribution is 2.38. The van der Waals surface area contributed by atoms with Crippen LogP contribution in [0.15, 0.2) is 42.6 Å². The lowest BCUT2D eigenvalue weighted by Gasteiger charge is -2.14. The third-order valence-electron chi connectivity index (χ3n) is 3.78. The Hall–Kier alpha value is -3.02. The fourth-order valence-electron chi connectivity index (χ4n) is 2.63. The summed E-state index contributed by atoms with van der Waals surface area (Å²) in [5.41, 5.74) is 0.987.